The van der Waals surface area contributed by atoms with Crippen LogP contribution in [0.15, 0.2) is 48.5 Å². The van der Waals surface area contributed by atoms with E-state index >= 15 is 0 Å². The molecule has 1 aliphatic rings. The van der Waals surface area contributed by atoms with Gasteiger partial charge in [0, 0.05) is 44.0 Å². The highest BCUT2D eigenvalue weighted by Gasteiger charge is 2.24. The van der Waals surface area contributed by atoms with E-state index in [2.05, 4.69) is 16.1 Å². The number of amides is 1. The van der Waals surface area contributed by atoms with Crippen LogP contribution in [0.3, 0.4) is 0 Å². The Labute approximate surface area is 195 Å². The molecule has 7 heteroatoms. The maximum Gasteiger partial charge on any atom is 0.227 e. The van der Waals surface area contributed by atoms with E-state index in [1.807, 2.05) is 65.9 Å². The highest BCUT2D eigenvalue weighted by Crippen LogP contribution is 2.28. The SMILES string of the molecule is COc1ccc(CN2CCN(C(=O)Cc3c(C)nn(-c4ccccc4)c3C)CC2)cc1OC. The second kappa shape index (κ2) is 10.1. The summed E-state index contributed by atoms with van der Waals surface area (Å²) >= 11 is 0. The second-order valence-electron chi connectivity index (χ2n) is 8.42. The number of para-hydroxylation sites is 1. The van der Waals surface area contributed by atoms with Gasteiger partial charge in [-0.1, -0.05) is 24.3 Å². The van der Waals surface area contributed by atoms with Gasteiger partial charge in [0.15, 0.2) is 11.5 Å². The first kappa shape index (κ1) is 22.9. The lowest BCUT2D eigenvalue weighted by Gasteiger charge is -2.35. The second-order valence-corrected chi connectivity index (χ2v) is 8.42. The molecular weight excluding hydrogens is 416 g/mol. The van der Waals surface area contributed by atoms with Crippen molar-refractivity contribution in [2.75, 3.05) is 40.4 Å². The minimum atomic E-state index is 0.166. The van der Waals surface area contributed by atoms with Gasteiger partial charge in [-0.15, -0.1) is 0 Å². The van der Waals surface area contributed by atoms with Crippen LogP contribution in [0.1, 0.15) is 22.5 Å². The van der Waals surface area contributed by atoms with Crippen molar-refractivity contribution in [3.63, 3.8) is 0 Å². The van der Waals surface area contributed by atoms with Gasteiger partial charge in [0.2, 0.25) is 5.91 Å². The molecule has 0 spiro atoms. The standard InChI is InChI=1S/C26H32N4O3/c1-19-23(20(2)30(27-19)22-8-6-5-7-9-22)17-26(31)29-14-12-28(13-15-29)18-21-10-11-24(32-3)25(16-21)33-4/h5-11,16H,12-15,17-18H2,1-4H3. The molecule has 174 valence electrons. The molecule has 4 rings (SSSR count). The number of piperazine rings is 1. The molecule has 0 N–H and O–H groups in total. The van der Waals surface area contributed by atoms with Gasteiger partial charge >= 0.3 is 0 Å². The lowest BCUT2D eigenvalue weighted by atomic mass is 10.1. The predicted molar refractivity (Wildman–Crippen MR) is 128 cm³/mol. The monoisotopic (exact) mass is 448 g/mol. The van der Waals surface area contributed by atoms with Crippen LogP contribution in [0.25, 0.3) is 5.69 Å². The molecule has 0 radical (unpaired) electrons. The van der Waals surface area contributed by atoms with Crippen molar-refractivity contribution in [1.82, 2.24) is 19.6 Å². The molecule has 1 aromatic heterocycles. The van der Waals surface area contributed by atoms with Gasteiger partial charge in [-0.25, -0.2) is 4.68 Å². The number of hydrogen-bond donors (Lipinski definition) is 0. The van der Waals surface area contributed by atoms with Gasteiger partial charge in [-0.05, 0) is 43.7 Å². The summed E-state index contributed by atoms with van der Waals surface area (Å²) in [7, 11) is 3.29. The smallest absolute Gasteiger partial charge is 0.227 e. The summed E-state index contributed by atoms with van der Waals surface area (Å²) in [6, 6.07) is 16.1. The summed E-state index contributed by atoms with van der Waals surface area (Å²) in [6.45, 7) is 8.01. The number of rotatable bonds is 7. The highest BCUT2D eigenvalue weighted by atomic mass is 16.5. The molecule has 1 aliphatic heterocycles. The van der Waals surface area contributed by atoms with Gasteiger partial charge in [-0.3, -0.25) is 9.69 Å². The lowest BCUT2D eigenvalue weighted by molar-refractivity contribution is -0.132. The fourth-order valence-electron chi connectivity index (χ4n) is 4.41. The maximum absolute atomic E-state index is 13.1. The molecule has 0 atom stereocenters. The first-order valence-corrected chi connectivity index (χ1v) is 11.3. The number of hydrogen-bond acceptors (Lipinski definition) is 5. The molecule has 3 aromatic rings. The largest absolute Gasteiger partial charge is 0.493 e. The number of benzene rings is 2. The van der Waals surface area contributed by atoms with E-state index in [9.17, 15) is 4.79 Å². The van der Waals surface area contributed by atoms with Crippen molar-refractivity contribution < 1.29 is 14.3 Å². The van der Waals surface area contributed by atoms with Crippen molar-refractivity contribution >= 4 is 5.91 Å². The van der Waals surface area contributed by atoms with Crippen LogP contribution in [-0.2, 0) is 17.8 Å². The van der Waals surface area contributed by atoms with Crippen molar-refractivity contribution in [3.8, 4) is 17.2 Å². The molecular formula is C26H32N4O3. The van der Waals surface area contributed by atoms with Crippen molar-refractivity contribution in [1.29, 1.82) is 0 Å². The molecule has 1 fully saturated rings. The Bertz CT molecular complexity index is 1100. The minimum absolute atomic E-state index is 0.166. The average molecular weight is 449 g/mol. The van der Waals surface area contributed by atoms with Gasteiger partial charge in [0.1, 0.15) is 0 Å². The Morgan fingerprint density at radius 2 is 1.64 bits per heavy atom. The van der Waals surface area contributed by atoms with Gasteiger partial charge in [0.25, 0.3) is 0 Å². The molecule has 0 bridgehead atoms. The summed E-state index contributed by atoms with van der Waals surface area (Å²) < 4.78 is 12.7. The van der Waals surface area contributed by atoms with Crippen molar-refractivity contribution in [2.45, 2.75) is 26.8 Å². The van der Waals surface area contributed by atoms with Crippen LogP contribution in [0.2, 0.25) is 0 Å². The number of carbonyl (C=O) groups is 1. The predicted octanol–water partition coefficient (Wildman–Crippen LogP) is 3.39. The zero-order chi connectivity index (χ0) is 23.4. The van der Waals surface area contributed by atoms with E-state index in [0.717, 1.165) is 66.9 Å². The highest BCUT2D eigenvalue weighted by molar-refractivity contribution is 5.79. The van der Waals surface area contributed by atoms with E-state index in [-0.39, 0.29) is 5.91 Å². The number of ether oxygens (including phenoxy) is 2. The minimum Gasteiger partial charge on any atom is -0.493 e. The Balaban J connectivity index is 1.35. The molecule has 2 heterocycles. The van der Waals surface area contributed by atoms with E-state index < -0.39 is 0 Å². The van der Waals surface area contributed by atoms with Crippen LogP contribution in [0, 0.1) is 13.8 Å². The maximum atomic E-state index is 13.1. The number of aryl methyl sites for hydroxylation is 1. The van der Waals surface area contributed by atoms with Crippen LogP contribution in [0.4, 0.5) is 0 Å². The summed E-state index contributed by atoms with van der Waals surface area (Å²) in [4.78, 5) is 17.4. The summed E-state index contributed by atoms with van der Waals surface area (Å²) in [6.07, 6.45) is 0.389. The third-order valence-corrected chi connectivity index (χ3v) is 6.35. The zero-order valence-electron chi connectivity index (χ0n) is 19.9. The third kappa shape index (κ3) is 5.03. The topological polar surface area (TPSA) is 59.8 Å². The molecule has 1 saturated heterocycles. The summed E-state index contributed by atoms with van der Waals surface area (Å²) in [5.41, 5.74) is 5.15. The van der Waals surface area contributed by atoms with Crippen LogP contribution >= 0.6 is 0 Å². The van der Waals surface area contributed by atoms with Crippen molar-refractivity contribution in [3.05, 3.63) is 71.0 Å². The Morgan fingerprint density at radius 3 is 2.30 bits per heavy atom. The summed E-state index contributed by atoms with van der Waals surface area (Å²) in [5, 5.41) is 4.68. The first-order chi connectivity index (χ1) is 16.0. The van der Waals surface area contributed by atoms with Gasteiger partial charge in [-0.2, -0.15) is 5.10 Å². The Morgan fingerprint density at radius 1 is 0.939 bits per heavy atom. The van der Waals surface area contributed by atoms with E-state index in [1.165, 1.54) is 5.56 Å². The van der Waals surface area contributed by atoms with Crippen molar-refractivity contribution in [2.24, 2.45) is 0 Å². The molecule has 33 heavy (non-hydrogen) atoms. The first-order valence-electron chi connectivity index (χ1n) is 11.3. The van der Waals surface area contributed by atoms with E-state index in [1.54, 1.807) is 14.2 Å². The molecule has 0 unspecified atom stereocenters. The molecule has 7 nitrogen and oxygen atoms in total. The fourth-order valence-corrected chi connectivity index (χ4v) is 4.41. The number of methoxy groups -OCH3 is 2. The zero-order valence-corrected chi connectivity index (χ0v) is 19.9. The number of nitrogens with zero attached hydrogens (tertiary/aromatic N) is 4. The lowest BCUT2D eigenvalue weighted by Crippen LogP contribution is -2.48. The Hall–Kier alpha value is -3.32. The Kier molecular flexibility index (Phi) is 6.99. The van der Waals surface area contributed by atoms with E-state index in [4.69, 9.17) is 9.47 Å². The molecule has 0 saturated carbocycles. The quantitative estimate of drug-likeness (QED) is 0.555. The van der Waals surface area contributed by atoms with Crippen LogP contribution in [-0.4, -0.2) is 65.9 Å². The average Bonchev–Trinajstić information content (AvgIpc) is 3.13. The molecule has 2 aromatic carbocycles. The van der Waals surface area contributed by atoms with E-state index in [0.29, 0.717) is 6.42 Å². The van der Waals surface area contributed by atoms with Crippen LogP contribution < -0.4 is 9.47 Å². The fraction of sp³-hybridized carbons (Fsp3) is 0.385. The van der Waals surface area contributed by atoms with Gasteiger partial charge < -0.3 is 14.4 Å². The molecule has 0 aliphatic carbocycles. The normalized spacial score (nSPS) is 14.4. The number of carbonyl (C=O) groups excluding carboxylic acids is 1. The third-order valence-electron chi connectivity index (χ3n) is 6.35. The van der Waals surface area contributed by atoms with Gasteiger partial charge in [0.05, 0.1) is 32.0 Å². The number of aromatic nitrogens is 2. The molecule has 1 amide bonds. The summed E-state index contributed by atoms with van der Waals surface area (Å²) in [5.74, 6) is 1.64. The van der Waals surface area contributed by atoms with Crippen LogP contribution in [0.5, 0.6) is 11.5 Å².